The van der Waals surface area contributed by atoms with Crippen LogP contribution in [-0.4, -0.2) is 40.1 Å². The van der Waals surface area contributed by atoms with Crippen LogP contribution in [0.3, 0.4) is 0 Å². The maximum absolute atomic E-state index is 12.3. The summed E-state index contributed by atoms with van der Waals surface area (Å²) in [5.74, 6) is -0.717. The Morgan fingerprint density at radius 1 is 1.33 bits per heavy atom. The Bertz CT molecular complexity index is 453. The van der Waals surface area contributed by atoms with Gasteiger partial charge in [0, 0.05) is 13.1 Å². The Hall–Kier alpha value is -1.85. The number of piperidine rings is 1. The molecule has 1 aliphatic heterocycles. The van der Waals surface area contributed by atoms with E-state index in [2.05, 4.69) is 5.16 Å². The Kier molecular flexibility index (Phi) is 3.36. The molecule has 1 saturated heterocycles. The van der Waals surface area contributed by atoms with Crippen LogP contribution in [0.2, 0.25) is 0 Å². The van der Waals surface area contributed by atoms with Gasteiger partial charge in [-0.05, 0) is 26.7 Å². The molecule has 1 N–H and O–H groups in total. The van der Waals surface area contributed by atoms with E-state index in [0.717, 1.165) is 0 Å². The SMILES string of the molecule is Cc1noc(C)c1C(=O)N1CCC(C(=O)O)CC1. The van der Waals surface area contributed by atoms with Gasteiger partial charge in [0.1, 0.15) is 11.3 Å². The van der Waals surface area contributed by atoms with Crippen LogP contribution in [0.25, 0.3) is 0 Å². The molecule has 18 heavy (non-hydrogen) atoms. The average molecular weight is 252 g/mol. The number of aliphatic carboxylic acids is 1. The first-order valence-corrected chi connectivity index (χ1v) is 5.95. The van der Waals surface area contributed by atoms with Crippen molar-refractivity contribution in [3.8, 4) is 0 Å². The lowest BCUT2D eigenvalue weighted by Crippen LogP contribution is -2.40. The minimum absolute atomic E-state index is 0.116. The number of amides is 1. The lowest BCUT2D eigenvalue weighted by atomic mass is 9.96. The number of aryl methyl sites for hydroxylation is 2. The molecule has 1 amide bonds. The third-order valence-electron chi connectivity index (χ3n) is 3.38. The van der Waals surface area contributed by atoms with Crippen LogP contribution in [0, 0.1) is 19.8 Å². The zero-order valence-corrected chi connectivity index (χ0v) is 10.5. The molecule has 1 aliphatic rings. The predicted octanol–water partition coefficient (Wildman–Crippen LogP) is 1.23. The van der Waals surface area contributed by atoms with E-state index in [1.165, 1.54) is 0 Å². The summed E-state index contributed by atoms with van der Waals surface area (Å²) in [6.07, 6.45) is 1.01. The number of rotatable bonds is 2. The van der Waals surface area contributed by atoms with Crippen LogP contribution in [0.15, 0.2) is 4.52 Å². The number of aromatic nitrogens is 1. The number of hydrogen-bond acceptors (Lipinski definition) is 4. The summed E-state index contributed by atoms with van der Waals surface area (Å²) in [6, 6.07) is 0. The summed E-state index contributed by atoms with van der Waals surface area (Å²) in [5.41, 5.74) is 1.08. The first kappa shape index (κ1) is 12.6. The van der Waals surface area contributed by atoms with Gasteiger partial charge in [-0.3, -0.25) is 9.59 Å². The normalized spacial score (nSPS) is 16.9. The molecule has 0 spiro atoms. The average Bonchev–Trinajstić information content (AvgIpc) is 2.68. The number of likely N-dealkylation sites (tertiary alicyclic amines) is 1. The third-order valence-corrected chi connectivity index (χ3v) is 3.38. The summed E-state index contributed by atoms with van der Waals surface area (Å²) < 4.78 is 4.97. The Balaban J connectivity index is 2.06. The fourth-order valence-corrected chi connectivity index (χ4v) is 2.28. The molecule has 0 bridgehead atoms. The molecule has 0 saturated carbocycles. The van der Waals surface area contributed by atoms with E-state index < -0.39 is 5.97 Å². The second kappa shape index (κ2) is 4.80. The number of carbonyl (C=O) groups excluding carboxylic acids is 1. The lowest BCUT2D eigenvalue weighted by molar-refractivity contribution is -0.143. The van der Waals surface area contributed by atoms with Crippen LogP contribution >= 0.6 is 0 Å². The minimum atomic E-state index is -0.778. The maximum atomic E-state index is 12.3. The molecule has 0 radical (unpaired) electrons. The quantitative estimate of drug-likeness (QED) is 0.855. The van der Waals surface area contributed by atoms with Gasteiger partial charge in [0.2, 0.25) is 0 Å². The van der Waals surface area contributed by atoms with Gasteiger partial charge in [-0.1, -0.05) is 5.16 Å². The predicted molar refractivity (Wildman–Crippen MR) is 62.2 cm³/mol. The van der Waals surface area contributed by atoms with E-state index in [1.807, 2.05) is 0 Å². The van der Waals surface area contributed by atoms with E-state index in [-0.39, 0.29) is 11.8 Å². The molecule has 0 aliphatic carbocycles. The minimum Gasteiger partial charge on any atom is -0.481 e. The van der Waals surface area contributed by atoms with E-state index >= 15 is 0 Å². The topological polar surface area (TPSA) is 83.6 Å². The summed E-state index contributed by atoms with van der Waals surface area (Å²) in [4.78, 5) is 24.8. The number of carboxylic acid groups (broad SMARTS) is 1. The molecular weight excluding hydrogens is 236 g/mol. The lowest BCUT2D eigenvalue weighted by Gasteiger charge is -2.30. The number of carboxylic acids is 1. The number of carbonyl (C=O) groups is 2. The number of hydrogen-bond donors (Lipinski definition) is 1. The highest BCUT2D eigenvalue weighted by Gasteiger charge is 2.29. The zero-order chi connectivity index (χ0) is 13.3. The van der Waals surface area contributed by atoms with E-state index in [0.29, 0.717) is 42.9 Å². The highest BCUT2D eigenvalue weighted by Crippen LogP contribution is 2.21. The van der Waals surface area contributed by atoms with Crippen molar-refractivity contribution in [3.63, 3.8) is 0 Å². The van der Waals surface area contributed by atoms with Crippen molar-refractivity contribution < 1.29 is 19.2 Å². The van der Waals surface area contributed by atoms with E-state index in [4.69, 9.17) is 9.63 Å². The van der Waals surface area contributed by atoms with Crippen molar-refractivity contribution in [2.75, 3.05) is 13.1 Å². The largest absolute Gasteiger partial charge is 0.481 e. The van der Waals surface area contributed by atoms with Crippen LogP contribution in [0.5, 0.6) is 0 Å². The molecule has 1 aromatic heterocycles. The molecule has 0 aromatic carbocycles. The van der Waals surface area contributed by atoms with E-state index in [1.54, 1.807) is 18.7 Å². The summed E-state index contributed by atoms with van der Waals surface area (Å²) >= 11 is 0. The Morgan fingerprint density at radius 3 is 2.39 bits per heavy atom. The van der Waals surface area contributed by atoms with Gasteiger partial charge in [-0.15, -0.1) is 0 Å². The highest BCUT2D eigenvalue weighted by molar-refractivity contribution is 5.96. The molecular formula is C12H16N2O4. The second-order valence-corrected chi connectivity index (χ2v) is 4.60. The van der Waals surface area contributed by atoms with Gasteiger partial charge in [-0.25, -0.2) is 0 Å². The summed E-state index contributed by atoms with van der Waals surface area (Å²) in [7, 11) is 0. The molecule has 1 aromatic rings. The van der Waals surface area contributed by atoms with E-state index in [9.17, 15) is 9.59 Å². The first-order chi connectivity index (χ1) is 8.50. The van der Waals surface area contributed by atoms with Gasteiger partial charge < -0.3 is 14.5 Å². The van der Waals surface area contributed by atoms with Crippen molar-refractivity contribution >= 4 is 11.9 Å². The highest BCUT2D eigenvalue weighted by atomic mass is 16.5. The van der Waals surface area contributed by atoms with Crippen molar-refractivity contribution in [2.45, 2.75) is 26.7 Å². The van der Waals surface area contributed by atoms with Gasteiger partial charge >= 0.3 is 5.97 Å². The molecule has 6 nitrogen and oxygen atoms in total. The Labute approximate surface area is 105 Å². The van der Waals surface area contributed by atoms with Crippen LogP contribution in [0.4, 0.5) is 0 Å². The molecule has 2 heterocycles. The second-order valence-electron chi connectivity index (χ2n) is 4.60. The fraction of sp³-hybridized carbons (Fsp3) is 0.583. The molecule has 2 rings (SSSR count). The van der Waals surface area contributed by atoms with Crippen molar-refractivity contribution in [1.82, 2.24) is 10.1 Å². The van der Waals surface area contributed by atoms with Crippen molar-refractivity contribution in [1.29, 1.82) is 0 Å². The molecule has 6 heteroatoms. The fourth-order valence-electron chi connectivity index (χ4n) is 2.28. The third kappa shape index (κ3) is 2.23. The van der Waals surface area contributed by atoms with Crippen LogP contribution < -0.4 is 0 Å². The van der Waals surface area contributed by atoms with Gasteiger partial charge in [0.15, 0.2) is 0 Å². The van der Waals surface area contributed by atoms with Crippen molar-refractivity contribution in [3.05, 3.63) is 17.0 Å². The van der Waals surface area contributed by atoms with Gasteiger partial charge in [0.25, 0.3) is 5.91 Å². The van der Waals surface area contributed by atoms with Crippen LogP contribution in [0.1, 0.15) is 34.7 Å². The molecule has 1 fully saturated rings. The first-order valence-electron chi connectivity index (χ1n) is 5.95. The summed E-state index contributed by atoms with van der Waals surface area (Å²) in [5, 5.41) is 12.7. The zero-order valence-electron chi connectivity index (χ0n) is 10.5. The molecule has 0 unspecified atom stereocenters. The van der Waals surface area contributed by atoms with Gasteiger partial charge in [0.05, 0.1) is 11.6 Å². The Morgan fingerprint density at radius 2 is 1.94 bits per heavy atom. The van der Waals surface area contributed by atoms with Crippen molar-refractivity contribution in [2.24, 2.45) is 5.92 Å². The standard InChI is InChI=1S/C12H16N2O4/c1-7-10(8(2)18-13-7)11(15)14-5-3-9(4-6-14)12(16)17/h9H,3-6H2,1-2H3,(H,16,17). The maximum Gasteiger partial charge on any atom is 0.306 e. The van der Waals surface area contributed by atoms with Crippen LogP contribution in [-0.2, 0) is 4.79 Å². The smallest absolute Gasteiger partial charge is 0.306 e. The number of nitrogens with zero attached hydrogens (tertiary/aromatic N) is 2. The molecule has 0 atom stereocenters. The monoisotopic (exact) mass is 252 g/mol. The summed E-state index contributed by atoms with van der Waals surface area (Å²) in [6.45, 7) is 4.38. The van der Waals surface area contributed by atoms with Gasteiger partial charge in [-0.2, -0.15) is 0 Å². The molecule has 98 valence electrons.